The molecule has 0 saturated carbocycles. The normalized spacial score (nSPS) is 11.0. The van der Waals surface area contributed by atoms with E-state index < -0.39 is 0 Å². The van der Waals surface area contributed by atoms with Gasteiger partial charge < -0.3 is 4.57 Å². The lowest BCUT2D eigenvalue weighted by atomic mass is 10.1. The summed E-state index contributed by atoms with van der Waals surface area (Å²) in [4.78, 5) is 13.5. The monoisotopic (exact) mass is 314 g/mol. The summed E-state index contributed by atoms with van der Waals surface area (Å²) >= 11 is 0. The van der Waals surface area contributed by atoms with Gasteiger partial charge in [0.25, 0.3) is 0 Å². The molecule has 0 atom stereocenters. The van der Waals surface area contributed by atoms with E-state index in [4.69, 9.17) is 0 Å². The number of hydrogen-bond donors (Lipinski definition) is 0. The Hall–Kier alpha value is -3.01. The largest absolute Gasteiger partial charge is 0.311 e. The Morgan fingerprint density at radius 2 is 1.42 bits per heavy atom. The molecule has 0 saturated heterocycles. The third kappa shape index (κ3) is 3.04. The average molecular weight is 314 g/mol. The second-order valence-electron chi connectivity index (χ2n) is 5.84. The van der Waals surface area contributed by atoms with Crippen molar-refractivity contribution < 1.29 is 0 Å². The molecule has 0 aliphatic heterocycles. The highest BCUT2D eigenvalue weighted by Gasteiger charge is 2.10. The van der Waals surface area contributed by atoms with Crippen molar-refractivity contribution >= 4 is 11.2 Å². The van der Waals surface area contributed by atoms with Crippen LogP contribution < -0.4 is 0 Å². The minimum Gasteiger partial charge on any atom is -0.311 e. The van der Waals surface area contributed by atoms with Gasteiger partial charge in [-0.3, -0.25) is 0 Å². The van der Waals surface area contributed by atoms with Crippen LogP contribution in [0.25, 0.3) is 11.2 Å². The standard InChI is InChI=1S/C20H18N4/c1-3-7-16(8-4-1)11-12-18-19-20(22-14-21-18)24(15-23-19)13-17-9-5-2-6-10-17/h1-10,14-15H,11-13H2. The topological polar surface area (TPSA) is 43.6 Å². The number of hydrogen-bond acceptors (Lipinski definition) is 3. The van der Waals surface area contributed by atoms with Crippen molar-refractivity contribution in [2.75, 3.05) is 0 Å². The van der Waals surface area contributed by atoms with Gasteiger partial charge >= 0.3 is 0 Å². The number of aryl methyl sites for hydroxylation is 2. The fourth-order valence-corrected chi connectivity index (χ4v) is 2.92. The lowest BCUT2D eigenvalue weighted by Gasteiger charge is -2.05. The summed E-state index contributed by atoms with van der Waals surface area (Å²) in [5, 5.41) is 0. The van der Waals surface area contributed by atoms with Crippen LogP contribution >= 0.6 is 0 Å². The van der Waals surface area contributed by atoms with Crippen molar-refractivity contribution in [1.82, 2.24) is 19.5 Å². The van der Waals surface area contributed by atoms with E-state index in [1.807, 2.05) is 18.5 Å². The van der Waals surface area contributed by atoms with Crippen molar-refractivity contribution in [3.63, 3.8) is 0 Å². The van der Waals surface area contributed by atoms with E-state index >= 15 is 0 Å². The Morgan fingerprint density at radius 1 is 0.708 bits per heavy atom. The smallest absolute Gasteiger partial charge is 0.163 e. The number of imidazole rings is 1. The molecule has 0 fully saturated rings. The van der Waals surface area contributed by atoms with Gasteiger partial charge in [0.2, 0.25) is 0 Å². The summed E-state index contributed by atoms with van der Waals surface area (Å²) in [6.45, 7) is 0.770. The molecule has 4 rings (SSSR count). The molecule has 0 aliphatic carbocycles. The Bertz CT molecular complexity index is 930. The van der Waals surface area contributed by atoms with E-state index in [-0.39, 0.29) is 0 Å². The highest BCUT2D eigenvalue weighted by atomic mass is 15.1. The van der Waals surface area contributed by atoms with Crippen LogP contribution in [0.15, 0.2) is 73.3 Å². The van der Waals surface area contributed by atoms with Gasteiger partial charge in [0.1, 0.15) is 11.8 Å². The first-order valence-corrected chi connectivity index (χ1v) is 8.13. The molecule has 0 radical (unpaired) electrons. The molecule has 0 bridgehead atoms. The second kappa shape index (κ2) is 6.62. The quantitative estimate of drug-likeness (QED) is 0.564. The predicted molar refractivity (Wildman–Crippen MR) is 94.7 cm³/mol. The van der Waals surface area contributed by atoms with Crippen LogP contribution in [0.4, 0.5) is 0 Å². The van der Waals surface area contributed by atoms with E-state index in [1.54, 1.807) is 6.33 Å². The molecule has 4 nitrogen and oxygen atoms in total. The Kier molecular flexibility index (Phi) is 4.02. The summed E-state index contributed by atoms with van der Waals surface area (Å²) in [5.41, 5.74) is 5.37. The number of nitrogens with zero attached hydrogens (tertiary/aromatic N) is 4. The molecule has 2 aromatic carbocycles. The van der Waals surface area contributed by atoms with E-state index in [1.165, 1.54) is 11.1 Å². The van der Waals surface area contributed by atoms with E-state index in [2.05, 4.69) is 68.0 Å². The number of rotatable bonds is 5. The summed E-state index contributed by atoms with van der Waals surface area (Å²) in [7, 11) is 0. The maximum atomic E-state index is 4.57. The summed E-state index contributed by atoms with van der Waals surface area (Å²) in [5.74, 6) is 0. The predicted octanol–water partition coefficient (Wildman–Crippen LogP) is 3.66. The van der Waals surface area contributed by atoms with Gasteiger partial charge in [-0.25, -0.2) is 15.0 Å². The lowest BCUT2D eigenvalue weighted by molar-refractivity contribution is 0.812. The first kappa shape index (κ1) is 14.6. The van der Waals surface area contributed by atoms with Crippen LogP contribution in [-0.2, 0) is 19.4 Å². The first-order chi connectivity index (χ1) is 11.9. The maximum Gasteiger partial charge on any atom is 0.163 e. The highest BCUT2D eigenvalue weighted by molar-refractivity contribution is 5.73. The van der Waals surface area contributed by atoms with Crippen LogP contribution in [0.5, 0.6) is 0 Å². The molecule has 2 aromatic heterocycles. The zero-order chi connectivity index (χ0) is 16.2. The summed E-state index contributed by atoms with van der Waals surface area (Å²) in [6, 6.07) is 20.8. The third-order valence-electron chi connectivity index (χ3n) is 4.17. The lowest BCUT2D eigenvalue weighted by Crippen LogP contribution is -2.01. The third-order valence-corrected chi connectivity index (χ3v) is 4.17. The van der Waals surface area contributed by atoms with Gasteiger partial charge in [0.05, 0.1) is 18.6 Å². The second-order valence-corrected chi connectivity index (χ2v) is 5.84. The number of benzene rings is 2. The van der Waals surface area contributed by atoms with Crippen molar-refractivity contribution in [3.8, 4) is 0 Å². The molecule has 4 heteroatoms. The Morgan fingerprint density at radius 3 is 2.17 bits per heavy atom. The van der Waals surface area contributed by atoms with Crippen LogP contribution in [0.1, 0.15) is 16.8 Å². The average Bonchev–Trinajstić information content (AvgIpc) is 3.05. The molecule has 0 N–H and O–H groups in total. The molecule has 2 heterocycles. The van der Waals surface area contributed by atoms with E-state index in [9.17, 15) is 0 Å². The zero-order valence-corrected chi connectivity index (χ0v) is 13.3. The van der Waals surface area contributed by atoms with E-state index in [0.717, 1.165) is 36.2 Å². The Labute approximate surface area is 140 Å². The van der Waals surface area contributed by atoms with Crippen LogP contribution in [0, 0.1) is 0 Å². The molecule has 0 spiro atoms. The van der Waals surface area contributed by atoms with Gasteiger partial charge in [0.15, 0.2) is 5.65 Å². The number of fused-ring (bicyclic) bond motifs is 1. The van der Waals surface area contributed by atoms with Crippen molar-refractivity contribution in [2.45, 2.75) is 19.4 Å². The molecule has 4 aromatic rings. The molecular formula is C20H18N4. The van der Waals surface area contributed by atoms with Crippen LogP contribution in [-0.4, -0.2) is 19.5 Å². The number of aromatic nitrogens is 4. The van der Waals surface area contributed by atoms with Gasteiger partial charge in [0, 0.05) is 0 Å². The van der Waals surface area contributed by atoms with Gasteiger partial charge in [-0.05, 0) is 24.0 Å². The zero-order valence-electron chi connectivity index (χ0n) is 13.3. The van der Waals surface area contributed by atoms with Crippen molar-refractivity contribution in [3.05, 3.63) is 90.1 Å². The fourth-order valence-electron chi connectivity index (χ4n) is 2.92. The van der Waals surface area contributed by atoms with Crippen molar-refractivity contribution in [2.24, 2.45) is 0 Å². The van der Waals surface area contributed by atoms with E-state index in [0.29, 0.717) is 0 Å². The molecule has 0 unspecified atom stereocenters. The van der Waals surface area contributed by atoms with Gasteiger partial charge in [-0.1, -0.05) is 60.7 Å². The minimum absolute atomic E-state index is 0.770. The van der Waals surface area contributed by atoms with Gasteiger partial charge in [-0.15, -0.1) is 0 Å². The van der Waals surface area contributed by atoms with Crippen LogP contribution in [0.3, 0.4) is 0 Å². The molecular weight excluding hydrogens is 296 g/mol. The van der Waals surface area contributed by atoms with Crippen molar-refractivity contribution in [1.29, 1.82) is 0 Å². The minimum atomic E-state index is 0.770. The summed E-state index contributed by atoms with van der Waals surface area (Å²) in [6.07, 6.45) is 5.33. The molecule has 0 aliphatic rings. The maximum absolute atomic E-state index is 4.57. The molecule has 0 amide bonds. The van der Waals surface area contributed by atoms with Gasteiger partial charge in [-0.2, -0.15) is 0 Å². The Balaban J connectivity index is 1.59. The summed E-state index contributed by atoms with van der Waals surface area (Å²) < 4.78 is 2.08. The van der Waals surface area contributed by atoms with Crippen LogP contribution in [0.2, 0.25) is 0 Å². The molecule has 118 valence electrons. The SMILES string of the molecule is c1ccc(CCc2ncnc3c2ncn3Cc2ccccc2)cc1. The first-order valence-electron chi connectivity index (χ1n) is 8.13. The molecule has 24 heavy (non-hydrogen) atoms. The fraction of sp³-hybridized carbons (Fsp3) is 0.150. The highest BCUT2D eigenvalue weighted by Crippen LogP contribution is 2.16.